The third-order valence-electron chi connectivity index (χ3n) is 5.34. The molecule has 0 radical (unpaired) electrons. The zero-order chi connectivity index (χ0) is 25.2. The Balaban J connectivity index is 1.81. The lowest BCUT2D eigenvalue weighted by Crippen LogP contribution is -2.24. The maximum atomic E-state index is 13.4. The molecule has 0 unspecified atom stereocenters. The van der Waals surface area contributed by atoms with E-state index in [1.54, 1.807) is 36.4 Å². The number of nitrogens with one attached hydrogen (secondary N) is 1. The Morgan fingerprint density at radius 3 is 2.34 bits per heavy atom. The first-order valence-electron chi connectivity index (χ1n) is 10.4. The fourth-order valence-corrected chi connectivity index (χ4v) is 4.96. The van der Waals surface area contributed by atoms with Crippen molar-refractivity contribution in [2.75, 3.05) is 19.5 Å². The topological polar surface area (TPSA) is 104 Å². The summed E-state index contributed by atoms with van der Waals surface area (Å²) >= 11 is 0. The molecule has 0 bridgehead atoms. The number of amides is 1. The molecule has 0 aliphatic rings. The molecule has 35 heavy (non-hydrogen) atoms. The molecule has 0 aliphatic heterocycles. The maximum Gasteiger partial charge on any atom is 0.244 e. The number of hydrogen-bond acceptors (Lipinski definition) is 6. The number of sulfone groups is 1. The summed E-state index contributed by atoms with van der Waals surface area (Å²) in [7, 11) is -1.39. The van der Waals surface area contributed by atoms with Gasteiger partial charge >= 0.3 is 0 Å². The fourth-order valence-electron chi connectivity index (χ4n) is 3.60. The van der Waals surface area contributed by atoms with E-state index in [4.69, 9.17) is 9.47 Å². The Hall–Kier alpha value is -4.18. The van der Waals surface area contributed by atoms with E-state index in [0.29, 0.717) is 22.7 Å². The summed E-state index contributed by atoms with van der Waals surface area (Å²) in [5.74, 6) is -0.169. The molecule has 10 heteroatoms. The van der Waals surface area contributed by atoms with Gasteiger partial charge in [-0.2, -0.15) is 0 Å². The lowest BCUT2D eigenvalue weighted by Gasteiger charge is -2.15. The number of carbonyl (C=O) groups excluding carboxylic acids is 1. The number of ether oxygens (including phenoxy) is 2. The fraction of sp³-hybridized carbons (Fsp3) is 0.120. The van der Waals surface area contributed by atoms with E-state index in [9.17, 15) is 22.4 Å². The third kappa shape index (κ3) is 4.87. The van der Waals surface area contributed by atoms with Crippen LogP contribution in [0.4, 0.5) is 10.1 Å². The van der Waals surface area contributed by atoms with Gasteiger partial charge in [-0.25, -0.2) is 12.8 Å². The highest BCUT2D eigenvalue weighted by Crippen LogP contribution is 2.24. The van der Waals surface area contributed by atoms with Gasteiger partial charge in [0.05, 0.1) is 30.0 Å². The van der Waals surface area contributed by atoms with Crippen molar-refractivity contribution >= 4 is 32.3 Å². The Morgan fingerprint density at radius 1 is 0.971 bits per heavy atom. The number of aromatic nitrogens is 1. The minimum atomic E-state index is -4.31. The van der Waals surface area contributed by atoms with Gasteiger partial charge in [-0.05, 0) is 54.6 Å². The number of pyridine rings is 1. The molecule has 180 valence electrons. The number of anilines is 1. The average Bonchev–Trinajstić information content (AvgIpc) is 2.85. The highest BCUT2D eigenvalue weighted by Gasteiger charge is 2.24. The van der Waals surface area contributed by atoms with Gasteiger partial charge < -0.3 is 19.4 Å². The van der Waals surface area contributed by atoms with Crippen LogP contribution < -0.4 is 20.2 Å². The average molecular weight is 497 g/mol. The van der Waals surface area contributed by atoms with Gasteiger partial charge in [0.25, 0.3) is 0 Å². The minimum Gasteiger partial charge on any atom is -0.497 e. The predicted octanol–water partition coefficient (Wildman–Crippen LogP) is 3.63. The summed E-state index contributed by atoms with van der Waals surface area (Å²) in [6, 6.07) is 15.5. The molecule has 0 saturated heterocycles. The molecule has 0 spiro atoms. The van der Waals surface area contributed by atoms with Gasteiger partial charge in [0.15, 0.2) is 0 Å². The van der Waals surface area contributed by atoms with Crippen LogP contribution in [0.2, 0.25) is 0 Å². The van der Waals surface area contributed by atoms with Crippen molar-refractivity contribution in [3.05, 3.63) is 89.0 Å². The standard InChI is InChI=1S/C25H21FN2O6S/c1-33-18-5-3-4-17(12-18)27-24(29)15-28-14-23(35(31,32)20-9-6-16(26)7-10-20)25(30)21-13-19(34-2)8-11-22(21)28/h3-14H,15H2,1-2H3,(H,27,29). The smallest absolute Gasteiger partial charge is 0.244 e. The first-order chi connectivity index (χ1) is 16.7. The summed E-state index contributed by atoms with van der Waals surface area (Å²) in [4.78, 5) is 25.3. The number of halogens is 1. The molecule has 0 fully saturated rings. The van der Waals surface area contributed by atoms with Crippen LogP contribution in [0, 0.1) is 5.82 Å². The van der Waals surface area contributed by atoms with Crippen LogP contribution in [0.25, 0.3) is 10.9 Å². The van der Waals surface area contributed by atoms with Crippen molar-refractivity contribution in [3.63, 3.8) is 0 Å². The Labute approximate surface area is 200 Å². The first kappa shape index (κ1) is 24.0. The van der Waals surface area contributed by atoms with E-state index in [-0.39, 0.29) is 16.8 Å². The van der Waals surface area contributed by atoms with Gasteiger partial charge in [-0.3, -0.25) is 9.59 Å². The van der Waals surface area contributed by atoms with Crippen LogP contribution in [0.15, 0.2) is 87.5 Å². The van der Waals surface area contributed by atoms with Gasteiger partial charge in [0.2, 0.25) is 21.2 Å². The summed E-state index contributed by atoms with van der Waals surface area (Å²) in [6.07, 6.45) is 1.13. The zero-order valence-electron chi connectivity index (χ0n) is 18.8. The molecule has 1 amide bonds. The second-order valence-corrected chi connectivity index (χ2v) is 9.49. The number of hydrogen-bond donors (Lipinski definition) is 1. The van der Waals surface area contributed by atoms with Crippen LogP contribution in [0.1, 0.15) is 0 Å². The van der Waals surface area contributed by atoms with Crippen molar-refractivity contribution in [3.8, 4) is 11.5 Å². The number of benzene rings is 3. The van der Waals surface area contributed by atoms with Crippen LogP contribution in [-0.2, 0) is 21.2 Å². The highest BCUT2D eigenvalue weighted by atomic mass is 32.2. The van der Waals surface area contributed by atoms with Crippen molar-refractivity contribution in [2.24, 2.45) is 0 Å². The van der Waals surface area contributed by atoms with Crippen LogP contribution in [-0.4, -0.2) is 33.1 Å². The second kappa shape index (κ2) is 9.59. The van der Waals surface area contributed by atoms with Crippen LogP contribution in [0.5, 0.6) is 11.5 Å². The number of rotatable bonds is 7. The summed E-state index contributed by atoms with van der Waals surface area (Å²) in [6.45, 7) is -0.285. The molecule has 1 aromatic heterocycles. The number of fused-ring (bicyclic) bond motifs is 1. The monoisotopic (exact) mass is 496 g/mol. The molecule has 8 nitrogen and oxygen atoms in total. The summed E-state index contributed by atoms with van der Waals surface area (Å²) < 4.78 is 51.6. The molecule has 1 N–H and O–H groups in total. The van der Waals surface area contributed by atoms with Crippen molar-refractivity contribution in [1.29, 1.82) is 0 Å². The zero-order valence-corrected chi connectivity index (χ0v) is 19.6. The van der Waals surface area contributed by atoms with E-state index < -0.39 is 31.9 Å². The largest absolute Gasteiger partial charge is 0.497 e. The van der Waals surface area contributed by atoms with Gasteiger partial charge in [0, 0.05) is 18.0 Å². The Bertz CT molecular complexity index is 1580. The molecule has 4 rings (SSSR count). The van der Waals surface area contributed by atoms with E-state index in [1.165, 1.54) is 24.9 Å². The minimum absolute atomic E-state index is 0.0571. The lowest BCUT2D eigenvalue weighted by molar-refractivity contribution is -0.116. The van der Waals surface area contributed by atoms with E-state index in [2.05, 4.69) is 5.32 Å². The first-order valence-corrected chi connectivity index (χ1v) is 11.9. The van der Waals surface area contributed by atoms with E-state index in [0.717, 1.165) is 30.5 Å². The van der Waals surface area contributed by atoms with E-state index in [1.807, 2.05) is 0 Å². The number of carbonyl (C=O) groups is 1. The van der Waals surface area contributed by atoms with Crippen LogP contribution >= 0.6 is 0 Å². The van der Waals surface area contributed by atoms with Crippen molar-refractivity contribution < 1.29 is 27.1 Å². The van der Waals surface area contributed by atoms with Crippen molar-refractivity contribution in [2.45, 2.75) is 16.3 Å². The molecule has 1 heterocycles. The highest BCUT2D eigenvalue weighted by molar-refractivity contribution is 7.91. The lowest BCUT2D eigenvalue weighted by atomic mass is 10.2. The SMILES string of the molecule is COc1cccc(NC(=O)Cn2cc(S(=O)(=O)c3ccc(F)cc3)c(=O)c3cc(OC)ccc32)c1. The molecule has 0 atom stereocenters. The molecule has 0 saturated carbocycles. The van der Waals surface area contributed by atoms with Crippen LogP contribution in [0.3, 0.4) is 0 Å². The molecular weight excluding hydrogens is 475 g/mol. The second-order valence-electron chi connectivity index (χ2n) is 7.57. The summed E-state index contributed by atoms with van der Waals surface area (Å²) in [5.41, 5.74) is 0.0721. The maximum absolute atomic E-state index is 13.4. The number of nitrogens with zero attached hydrogens (tertiary/aromatic N) is 1. The molecule has 0 aliphatic carbocycles. The molecule has 3 aromatic carbocycles. The Kier molecular flexibility index (Phi) is 6.57. The number of methoxy groups -OCH3 is 2. The predicted molar refractivity (Wildman–Crippen MR) is 128 cm³/mol. The van der Waals surface area contributed by atoms with Gasteiger partial charge in [-0.1, -0.05) is 6.07 Å². The van der Waals surface area contributed by atoms with Gasteiger partial charge in [0.1, 0.15) is 28.8 Å². The summed E-state index contributed by atoms with van der Waals surface area (Å²) in [5, 5.41) is 2.79. The quantitative estimate of drug-likeness (QED) is 0.392. The normalized spacial score (nSPS) is 11.3. The van der Waals surface area contributed by atoms with E-state index >= 15 is 0 Å². The van der Waals surface area contributed by atoms with Gasteiger partial charge in [-0.15, -0.1) is 0 Å². The van der Waals surface area contributed by atoms with Crippen molar-refractivity contribution in [1.82, 2.24) is 4.57 Å². The Morgan fingerprint density at radius 2 is 1.66 bits per heavy atom. The molecule has 4 aromatic rings. The third-order valence-corrected chi connectivity index (χ3v) is 7.10. The molecular formula is C25H21FN2O6S.